The van der Waals surface area contributed by atoms with Gasteiger partial charge < -0.3 is 10.0 Å². The number of aromatic nitrogens is 1. The molecular formula is C12H9FN2O3S. The molecule has 1 aromatic carbocycles. The number of thiazole rings is 1. The Labute approximate surface area is 111 Å². The summed E-state index contributed by atoms with van der Waals surface area (Å²) in [5.74, 6) is -2.29. The number of carbonyl (C=O) groups is 2. The summed E-state index contributed by atoms with van der Waals surface area (Å²) in [6, 6.07) is 5.82. The SMILES string of the molecule is CN(C(=O)c1nc(C(=O)O)cs1)c1ccccc1F. The second-order valence-corrected chi connectivity index (χ2v) is 4.52. The van der Waals surface area contributed by atoms with Crippen molar-refractivity contribution in [2.45, 2.75) is 0 Å². The summed E-state index contributed by atoms with van der Waals surface area (Å²) < 4.78 is 13.5. The van der Waals surface area contributed by atoms with E-state index in [0.29, 0.717) is 0 Å². The zero-order valence-electron chi connectivity index (χ0n) is 9.83. The number of benzene rings is 1. The molecule has 1 amide bonds. The molecule has 2 rings (SSSR count). The molecule has 2 aromatic rings. The Hall–Kier alpha value is -2.28. The van der Waals surface area contributed by atoms with Gasteiger partial charge in [-0.2, -0.15) is 0 Å². The molecule has 1 aromatic heterocycles. The second kappa shape index (κ2) is 5.15. The third kappa shape index (κ3) is 2.60. The molecule has 98 valence electrons. The second-order valence-electron chi connectivity index (χ2n) is 3.66. The van der Waals surface area contributed by atoms with E-state index in [4.69, 9.17) is 5.11 Å². The van der Waals surface area contributed by atoms with Gasteiger partial charge in [0.1, 0.15) is 5.82 Å². The summed E-state index contributed by atoms with van der Waals surface area (Å²) in [6.07, 6.45) is 0. The van der Waals surface area contributed by atoms with Crippen molar-refractivity contribution in [2.24, 2.45) is 0 Å². The van der Waals surface area contributed by atoms with Crippen LogP contribution in [0.4, 0.5) is 10.1 Å². The van der Waals surface area contributed by atoms with Gasteiger partial charge in [-0.25, -0.2) is 14.2 Å². The zero-order valence-corrected chi connectivity index (χ0v) is 10.6. The van der Waals surface area contributed by atoms with Crippen LogP contribution in [0.1, 0.15) is 20.3 Å². The van der Waals surface area contributed by atoms with Gasteiger partial charge in [0.05, 0.1) is 5.69 Å². The van der Waals surface area contributed by atoms with Gasteiger partial charge in [0, 0.05) is 12.4 Å². The van der Waals surface area contributed by atoms with Gasteiger partial charge in [-0.05, 0) is 12.1 Å². The smallest absolute Gasteiger partial charge is 0.355 e. The van der Waals surface area contributed by atoms with E-state index >= 15 is 0 Å². The minimum Gasteiger partial charge on any atom is -0.476 e. The summed E-state index contributed by atoms with van der Waals surface area (Å²) in [6.45, 7) is 0. The maximum Gasteiger partial charge on any atom is 0.355 e. The maximum absolute atomic E-state index is 13.5. The predicted molar refractivity (Wildman–Crippen MR) is 68.2 cm³/mol. The largest absolute Gasteiger partial charge is 0.476 e. The van der Waals surface area contributed by atoms with Crippen LogP contribution in [0.25, 0.3) is 0 Å². The summed E-state index contributed by atoms with van der Waals surface area (Å²) in [7, 11) is 1.41. The molecule has 0 unspecified atom stereocenters. The number of aromatic carboxylic acids is 1. The Morgan fingerprint density at radius 2 is 2.05 bits per heavy atom. The average molecular weight is 280 g/mol. The molecule has 0 saturated heterocycles. The zero-order chi connectivity index (χ0) is 14.0. The van der Waals surface area contributed by atoms with Crippen molar-refractivity contribution < 1.29 is 19.1 Å². The fourth-order valence-corrected chi connectivity index (χ4v) is 2.21. The number of carboxylic acid groups (broad SMARTS) is 1. The van der Waals surface area contributed by atoms with Crippen molar-refractivity contribution in [2.75, 3.05) is 11.9 Å². The van der Waals surface area contributed by atoms with Gasteiger partial charge >= 0.3 is 5.97 Å². The number of rotatable bonds is 3. The van der Waals surface area contributed by atoms with E-state index in [9.17, 15) is 14.0 Å². The predicted octanol–water partition coefficient (Wildman–Crippen LogP) is 2.26. The number of carbonyl (C=O) groups excluding carboxylic acids is 1. The first kappa shape index (κ1) is 13.2. The van der Waals surface area contributed by atoms with E-state index in [-0.39, 0.29) is 16.4 Å². The highest BCUT2D eigenvalue weighted by atomic mass is 32.1. The van der Waals surface area contributed by atoms with Gasteiger partial charge in [0.25, 0.3) is 5.91 Å². The van der Waals surface area contributed by atoms with Crippen molar-refractivity contribution in [1.82, 2.24) is 4.98 Å². The number of hydrogen-bond acceptors (Lipinski definition) is 4. The highest BCUT2D eigenvalue weighted by molar-refractivity contribution is 7.12. The van der Waals surface area contributed by atoms with E-state index in [1.165, 1.54) is 30.6 Å². The van der Waals surface area contributed by atoms with Crippen LogP contribution in [-0.2, 0) is 0 Å². The lowest BCUT2D eigenvalue weighted by Crippen LogP contribution is -2.27. The molecule has 1 N–H and O–H groups in total. The van der Waals surface area contributed by atoms with Crippen LogP contribution >= 0.6 is 11.3 Å². The van der Waals surface area contributed by atoms with Gasteiger partial charge in [-0.15, -0.1) is 11.3 Å². The van der Waals surface area contributed by atoms with Gasteiger partial charge in [-0.3, -0.25) is 4.79 Å². The van der Waals surface area contributed by atoms with Gasteiger partial charge in [0.15, 0.2) is 10.7 Å². The van der Waals surface area contributed by atoms with Crippen molar-refractivity contribution in [3.05, 3.63) is 46.2 Å². The maximum atomic E-state index is 13.5. The fraction of sp³-hybridized carbons (Fsp3) is 0.0833. The molecule has 1 heterocycles. The van der Waals surface area contributed by atoms with Crippen molar-refractivity contribution in [1.29, 1.82) is 0 Å². The van der Waals surface area contributed by atoms with Gasteiger partial charge in [0.2, 0.25) is 0 Å². The number of halogens is 1. The monoisotopic (exact) mass is 280 g/mol. The van der Waals surface area contributed by atoms with E-state index in [1.54, 1.807) is 6.07 Å². The molecule has 0 radical (unpaired) electrons. The van der Waals surface area contributed by atoms with E-state index in [1.807, 2.05) is 0 Å². The summed E-state index contributed by atoms with van der Waals surface area (Å²) in [5.41, 5.74) is -0.0881. The molecule has 0 aliphatic heterocycles. The first-order chi connectivity index (χ1) is 9.00. The quantitative estimate of drug-likeness (QED) is 0.936. The standard InChI is InChI=1S/C12H9FN2O3S/c1-15(9-5-3-2-4-7(9)13)11(16)10-14-8(6-19-10)12(17)18/h2-6H,1H3,(H,17,18). The first-order valence-electron chi connectivity index (χ1n) is 5.22. The highest BCUT2D eigenvalue weighted by Gasteiger charge is 2.20. The number of amides is 1. The minimum atomic E-state index is -1.20. The Bertz CT molecular complexity index is 641. The first-order valence-corrected chi connectivity index (χ1v) is 6.10. The van der Waals surface area contributed by atoms with E-state index in [2.05, 4.69) is 4.98 Å². The van der Waals surface area contributed by atoms with Crippen LogP contribution in [-0.4, -0.2) is 29.0 Å². The minimum absolute atomic E-state index is 0.00292. The third-order valence-electron chi connectivity index (χ3n) is 2.42. The summed E-state index contributed by atoms with van der Waals surface area (Å²) >= 11 is 0.909. The highest BCUT2D eigenvalue weighted by Crippen LogP contribution is 2.20. The summed E-state index contributed by atoms with van der Waals surface area (Å²) in [4.78, 5) is 27.5. The molecule has 0 aliphatic rings. The molecule has 0 fully saturated rings. The number of para-hydroxylation sites is 1. The molecule has 0 atom stereocenters. The molecule has 5 nitrogen and oxygen atoms in total. The number of hydrogen-bond donors (Lipinski definition) is 1. The molecule has 19 heavy (non-hydrogen) atoms. The van der Waals surface area contributed by atoms with E-state index < -0.39 is 17.7 Å². The number of anilines is 1. The van der Waals surface area contributed by atoms with Crippen molar-refractivity contribution in [3.8, 4) is 0 Å². The Balaban J connectivity index is 2.28. The van der Waals surface area contributed by atoms with Crippen LogP contribution in [0.2, 0.25) is 0 Å². The van der Waals surface area contributed by atoms with E-state index in [0.717, 1.165) is 16.2 Å². The Morgan fingerprint density at radius 1 is 1.37 bits per heavy atom. The fourth-order valence-electron chi connectivity index (χ4n) is 1.45. The number of carboxylic acids is 1. The lowest BCUT2D eigenvalue weighted by molar-refractivity contribution is 0.0691. The van der Waals surface area contributed by atoms with Gasteiger partial charge in [-0.1, -0.05) is 12.1 Å². The van der Waals surface area contributed by atoms with Crippen LogP contribution in [0.15, 0.2) is 29.6 Å². The number of nitrogens with zero attached hydrogens (tertiary/aromatic N) is 2. The van der Waals surface area contributed by atoms with Crippen LogP contribution in [0, 0.1) is 5.82 Å². The average Bonchev–Trinajstić information content (AvgIpc) is 2.87. The Kier molecular flexibility index (Phi) is 3.57. The lowest BCUT2D eigenvalue weighted by atomic mass is 10.3. The van der Waals surface area contributed by atoms with Crippen molar-refractivity contribution >= 4 is 28.9 Å². The lowest BCUT2D eigenvalue weighted by Gasteiger charge is -2.16. The van der Waals surface area contributed by atoms with Crippen LogP contribution in [0.5, 0.6) is 0 Å². The molecule has 7 heteroatoms. The Morgan fingerprint density at radius 3 is 2.63 bits per heavy atom. The van der Waals surface area contributed by atoms with Crippen LogP contribution < -0.4 is 4.90 Å². The molecule has 0 spiro atoms. The molecule has 0 bridgehead atoms. The third-order valence-corrected chi connectivity index (χ3v) is 3.25. The topological polar surface area (TPSA) is 70.5 Å². The molecule has 0 saturated carbocycles. The normalized spacial score (nSPS) is 10.2. The molecular weight excluding hydrogens is 271 g/mol. The molecule has 0 aliphatic carbocycles. The van der Waals surface area contributed by atoms with Crippen molar-refractivity contribution in [3.63, 3.8) is 0 Å². The van der Waals surface area contributed by atoms with Crippen LogP contribution in [0.3, 0.4) is 0 Å². The summed E-state index contributed by atoms with van der Waals surface area (Å²) in [5, 5.41) is 10.0.